The van der Waals surface area contributed by atoms with Gasteiger partial charge in [0, 0.05) is 56.3 Å². The Morgan fingerprint density at radius 1 is 1.19 bits per heavy atom. The van der Waals surface area contributed by atoms with Gasteiger partial charge in [-0.1, -0.05) is 38.7 Å². The van der Waals surface area contributed by atoms with Crippen LogP contribution in [0.15, 0.2) is 49.3 Å². The van der Waals surface area contributed by atoms with Gasteiger partial charge in [0.25, 0.3) is 0 Å². The van der Waals surface area contributed by atoms with Gasteiger partial charge in [-0.3, -0.25) is 14.4 Å². The number of allylic oxidation sites excluding steroid dienone is 2. The van der Waals surface area contributed by atoms with Gasteiger partial charge in [0.1, 0.15) is 5.54 Å². The summed E-state index contributed by atoms with van der Waals surface area (Å²) >= 11 is 0. The highest BCUT2D eigenvalue weighted by Crippen LogP contribution is 2.34. The predicted molar refractivity (Wildman–Crippen MR) is 161 cm³/mol. The quantitative estimate of drug-likeness (QED) is 0.310. The number of rotatable bonds is 13. The molecule has 1 aliphatic carbocycles. The first-order valence-electron chi connectivity index (χ1n) is 15.0. The van der Waals surface area contributed by atoms with Crippen molar-refractivity contribution in [3.63, 3.8) is 0 Å². The molecule has 0 bridgehead atoms. The number of aromatic nitrogens is 3. The Hall–Kier alpha value is -4.15. The van der Waals surface area contributed by atoms with Crippen molar-refractivity contribution < 1.29 is 19.1 Å². The summed E-state index contributed by atoms with van der Waals surface area (Å²) in [7, 11) is 0. The normalized spacial score (nSPS) is 16.0. The average Bonchev–Trinajstić information content (AvgIpc) is 3.40. The maximum Gasteiger partial charge on any atom is 0.249 e. The van der Waals surface area contributed by atoms with Gasteiger partial charge in [-0.2, -0.15) is 0 Å². The Kier molecular flexibility index (Phi) is 11.1. The first-order chi connectivity index (χ1) is 20.5. The third-order valence-corrected chi connectivity index (χ3v) is 7.86. The van der Waals surface area contributed by atoms with Gasteiger partial charge in [-0.05, 0) is 37.8 Å². The number of amides is 3. The molecule has 11 nitrogen and oxygen atoms in total. The zero-order valence-electron chi connectivity index (χ0n) is 24.7. The van der Waals surface area contributed by atoms with Gasteiger partial charge in [0.05, 0.1) is 31.4 Å². The summed E-state index contributed by atoms with van der Waals surface area (Å²) in [6.07, 6.45) is 18.5. The number of carbonyl (C=O) groups is 3. The Balaban J connectivity index is 1.55. The molecule has 3 amide bonds. The second kappa shape index (κ2) is 15.2. The van der Waals surface area contributed by atoms with Crippen LogP contribution in [-0.2, 0) is 20.9 Å². The van der Waals surface area contributed by atoms with E-state index < -0.39 is 5.54 Å². The smallest absolute Gasteiger partial charge is 0.249 e. The Morgan fingerprint density at radius 3 is 2.71 bits per heavy atom. The summed E-state index contributed by atoms with van der Waals surface area (Å²) in [4.78, 5) is 49.9. The second-order valence-electron chi connectivity index (χ2n) is 10.6. The number of nitrogens with one attached hydrogen (secondary N) is 3. The summed E-state index contributed by atoms with van der Waals surface area (Å²) in [5.41, 5.74) is 1.78. The summed E-state index contributed by atoms with van der Waals surface area (Å²) in [5, 5.41) is 9.06. The summed E-state index contributed by atoms with van der Waals surface area (Å²) in [5.74, 6) is -0.0877. The van der Waals surface area contributed by atoms with E-state index in [0.717, 1.165) is 42.5 Å². The van der Waals surface area contributed by atoms with Crippen LogP contribution in [0.2, 0.25) is 0 Å². The van der Waals surface area contributed by atoms with Crippen LogP contribution in [0.4, 0.5) is 5.69 Å². The van der Waals surface area contributed by atoms with Crippen LogP contribution in [0, 0.1) is 0 Å². The number of ether oxygens (including phenoxy) is 1. The highest BCUT2D eigenvalue weighted by Gasteiger charge is 2.45. The lowest BCUT2D eigenvalue weighted by atomic mass is 9.86. The van der Waals surface area contributed by atoms with Gasteiger partial charge in [0.15, 0.2) is 0 Å². The molecule has 0 spiro atoms. The highest BCUT2D eigenvalue weighted by atomic mass is 16.5. The van der Waals surface area contributed by atoms with Crippen molar-refractivity contribution in [1.29, 1.82) is 0 Å². The van der Waals surface area contributed by atoms with Crippen LogP contribution in [0.1, 0.15) is 70.8 Å². The highest BCUT2D eigenvalue weighted by molar-refractivity contribution is 5.94. The lowest BCUT2D eigenvalue weighted by Crippen LogP contribution is -2.61. The van der Waals surface area contributed by atoms with E-state index in [1.165, 1.54) is 0 Å². The number of hydrogen-bond donors (Lipinski definition) is 3. The number of imidazole rings is 1. The van der Waals surface area contributed by atoms with Crippen molar-refractivity contribution in [3.05, 3.63) is 54.9 Å². The van der Waals surface area contributed by atoms with E-state index in [4.69, 9.17) is 4.74 Å². The summed E-state index contributed by atoms with van der Waals surface area (Å²) in [6, 6.07) is 1.89. The molecule has 1 aliphatic heterocycles. The minimum Gasteiger partial charge on any atom is -0.478 e. The molecule has 0 radical (unpaired) electrons. The molecule has 0 atom stereocenters. The van der Waals surface area contributed by atoms with Crippen LogP contribution >= 0.6 is 0 Å². The number of fused-ring (bicyclic) bond motifs is 1. The molecule has 0 aromatic carbocycles. The fourth-order valence-electron chi connectivity index (χ4n) is 5.66. The summed E-state index contributed by atoms with van der Waals surface area (Å²) in [6.45, 7) is 5.76. The fraction of sp³-hybridized carbons (Fsp3) is 0.516. The molecule has 1 saturated carbocycles. The zero-order valence-corrected chi connectivity index (χ0v) is 24.7. The molecule has 2 aromatic rings. The second-order valence-corrected chi connectivity index (χ2v) is 10.6. The largest absolute Gasteiger partial charge is 0.478 e. The van der Waals surface area contributed by atoms with Crippen molar-refractivity contribution in [3.8, 4) is 5.88 Å². The monoisotopic (exact) mass is 577 g/mol. The Labute approximate surface area is 247 Å². The third-order valence-electron chi connectivity index (χ3n) is 7.86. The molecular weight excluding hydrogens is 534 g/mol. The van der Waals surface area contributed by atoms with Crippen LogP contribution < -0.4 is 20.7 Å². The Morgan fingerprint density at radius 2 is 2.00 bits per heavy atom. The maximum absolute atomic E-state index is 14.1. The molecule has 3 N–H and O–H groups in total. The van der Waals surface area contributed by atoms with Crippen molar-refractivity contribution in [1.82, 2.24) is 30.1 Å². The van der Waals surface area contributed by atoms with E-state index in [9.17, 15) is 14.4 Å². The van der Waals surface area contributed by atoms with E-state index in [-0.39, 0.29) is 24.3 Å². The molecule has 0 unspecified atom stereocenters. The van der Waals surface area contributed by atoms with Gasteiger partial charge < -0.3 is 30.2 Å². The first kappa shape index (κ1) is 30.8. The summed E-state index contributed by atoms with van der Waals surface area (Å²) < 4.78 is 7.54. The lowest BCUT2D eigenvalue weighted by Gasteiger charge is -2.42. The van der Waals surface area contributed by atoms with Crippen LogP contribution in [0.5, 0.6) is 5.88 Å². The van der Waals surface area contributed by atoms with E-state index in [1.807, 2.05) is 35.9 Å². The molecule has 2 aliphatic rings. The molecular formula is C31H43N7O4. The average molecular weight is 578 g/mol. The molecule has 42 heavy (non-hydrogen) atoms. The standard InChI is InChI=1S/C31H43N7O4/c1-3-27(39)35-22-29(40)38(18-9-17-37-19-16-32-23-37)31(12-7-5-6-8-13-31)30(41)34-15-11-24-10-14-33-26-21-36-28(42-4-2)20-25(24)26/h10-11,15-16,19-21,23,33H,3-9,12-14,17-18,22H2,1-2H3,(H,34,41)(H,35,39)/b15-11-. The topological polar surface area (TPSA) is 130 Å². The molecule has 2 aromatic heterocycles. The van der Waals surface area contributed by atoms with E-state index in [2.05, 4.69) is 25.9 Å². The molecule has 11 heteroatoms. The number of hydrogen-bond acceptors (Lipinski definition) is 7. The third kappa shape index (κ3) is 7.77. The van der Waals surface area contributed by atoms with Crippen LogP contribution in [0.3, 0.4) is 0 Å². The van der Waals surface area contributed by atoms with Gasteiger partial charge >= 0.3 is 0 Å². The van der Waals surface area contributed by atoms with Crippen molar-refractivity contribution in [2.24, 2.45) is 0 Å². The van der Waals surface area contributed by atoms with Crippen LogP contribution in [0.25, 0.3) is 5.57 Å². The number of aryl methyl sites for hydroxylation is 1. The van der Waals surface area contributed by atoms with Crippen molar-refractivity contribution in [2.45, 2.75) is 77.3 Å². The van der Waals surface area contributed by atoms with E-state index in [0.29, 0.717) is 57.8 Å². The zero-order chi connectivity index (χ0) is 29.8. The molecule has 1 fully saturated rings. The predicted octanol–water partition coefficient (Wildman–Crippen LogP) is 3.65. The number of pyridine rings is 1. The molecule has 4 rings (SSSR count). The van der Waals surface area contributed by atoms with Gasteiger partial charge in [-0.15, -0.1) is 0 Å². The van der Waals surface area contributed by atoms with Crippen molar-refractivity contribution in [2.75, 3.05) is 31.6 Å². The minimum absolute atomic E-state index is 0.129. The minimum atomic E-state index is -1.00. The lowest BCUT2D eigenvalue weighted by molar-refractivity contribution is -0.148. The van der Waals surface area contributed by atoms with Crippen LogP contribution in [-0.4, -0.2) is 68.9 Å². The first-order valence-corrected chi connectivity index (χ1v) is 15.0. The van der Waals surface area contributed by atoms with Gasteiger partial charge in [-0.25, -0.2) is 9.97 Å². The maximum atomic E-state index is 14.1. The van der Waals surface area contributed by atoms with Crippen molar-refractivity contribution >= 4 is 29.0 Å². The van der Waals surface area contributed by atoms with E-state index >= 15 is 0 Å². The van der Waals surface area contributed by atoms with Gasteiger partial charge in [0.2, 0.25) is 23.6 Å². The van der Waals surface area contributed by atoms with E-state index in [1.54, 1.807) is 36.7 Å². The molecule has 226 valence electrons. The number of nitrogens with zero attached hydrogens (tertiary/aromatic N) is 4. The number of anilines is 1. The molecule has 3 heterocycles. The molecule has 0 saturated heterocycles. The number of carbonyl (C=O) groups excluding carboxylic acids is 3. The SMILES string of the molecule is CCOc1cc2c(cn1)NCC=C2/C=C\NC(=O)C1(N(CCCn2ccnc2)C(=O)CNC(=O)CC)CCCCCC1. The fourth-order valence-corrected chi connectivity index (χ4v) is 5.66. The Bertz CT molecular complexity index is 1260.